The molecule has 1 atom stereocenters. The first kappa shape index (κ1) is 13.9. The number of aromatic amines is 1. The minimum absolute atomic E-state index is 0.0609. The van der Waals surface area contributed by atoms with Crippen LogP contribution in [0.1, 0.15) is 19.7 Å². The topological polar surface area (TPSA) is 74.8 Å². The zero-order chi connectivity index (χ0) is 12.3. The normalized spacial score (nSPS) is 14.3. The van der Waals surface area contributed by atoms with Crippen LogP contribution >= 0.6 is 22.6 Å². The summed E-state index contributed by atoms with van der Waals surface area (Å²) in [6.45, 7) is 5.70. The second-order valence-electron chi connectivity index (χ2n) is 3.96. The molecule has 0 radical (unpaired) electrons. The summed E-state index contributed by atoms with van der Waals surface area (Å²) in [6.07, 6.45) is 1.34. The van der Waals surface area contributed by atoms with Crippen LogP contribution in [-0.4, -0.2) is 28.9 Å². The number of hydrogen-bond donors (Lipinski definition) is 2. The summed E-state index contributed by atoms with van der Waals surface area (Å²) in [6, 6.07) is -0.0609. The molecule has 1 rings (SSSR count). The highest BCUT2D eigenvalue weighted by Gasteiger charge is 2.22. The average Bonchev–Trinajstić information content (AvgIpc) is 2.61. The largest absolute Gasteiger partial charge is 0.332 e. The molecule has 1 unspecified atom stereocenters. The number of nitrogens with one attached hydrogen (secondary N) is 2. The van der Waals surface area contributed by atoms with Crippen molar-refractivity contribution in [2.75, 3.05) is 4.43 Å². The van der Waals surface area contributed by atoms with E-state index < -0.39 is 10.0 Å². The molecule has 0 bridgehead atoms. The Morgan fingerprint density at radius 3 is 2.56 bits per heavy atom. The number of nitrogens with zero attached hydrogens (tertiary/aromatic N) is 1. The monoisotopic (exact) mass is 357 g/mol. The number of H-pyrrole nitrogens is 1. The minimum atomic E-state index is -3.47. The Bertz CT molecular complexity index is 441. The van der Waals surface area contributed by atoms with E-state index in [-0.39, 0.29) is 17.0 Å². The number of sulfonamides is 1. The molecule has 16 heavy (non-hydrogen) atoms. The van der Waals surface area contributed by atoms with Crippen LogP contribution in [0.4, 0.5) is 0 Å². The lowest BCUT2D eigenvalue weighted by molar-refractivity contribution is 0.485. The van der Waals surface area contributed by atoms with Crippen molar-refractivity contribution in [2.24, 2.45) is 5.92 Å². The maximum absolute atomic E-state index is 11.9. The maximum atomic E-state index is 11.9. The fourth-order valence-electron chi connectivity index (χ4n) is 1.14. The molecule has 0 aromatic carbocycles. The Hall–Kier alpha value is -0.150. The van der Waals surface area contributed by atoms with Crippen molar-refractivity contribution >= 4 is 32.6 Å². The van der Waals surface area contributed by atoms with Gasteiger partial charge in [-0.05, 0) is 12.8 Å². The summed E-state index contributed by atoms with van der Waals surface area (Å²) < 4.78 is 27.3. The summed E-state index contributed by atoms with van der Waals surface area (Å²) in [5.74, 6) is 0.853. The highest BCUT2D eigenvalue weighted by Crippen LogP contribution is 2.11. The van der Waals surface area contributed by atoms with Crippen LogP contribution in [0.25, 0.3) is 0 Å². The second kappa shape index (κ2) is 5.46. The Labute approximate surface area is 110 Å². The van der Waals surface area contributed by atoms with Crippen LogP contribution in [0.2, 0.25) is 0 Å². The molecule has 7 heteroatoms. The van der Waals surface area contributed by atoms with E-state index in [2.05, 4.69) is 37.3 Å². The lowest BCUT2D eigenvalue weighted by atomic mass is 10.1. The molecule has 2 N–H and O–H groups in total. The quantitative estimate of drug-likeness (QED) is 0.619. The lowest BCUT2D eigenvalue weighted by Gasteiger charge is -2.19. The smallest absolute Gasteiger partial charge is 0.257 e. The zero-order valence-corrected chi connectivity index (χ0v) is 12.5. The van der Waals surface area contributed by atoms with Gasteiger partial charge in [0.1, 0.15) is 5.82 Å². The number of alkyl halides is 1. The van der Waals surface area contributed by atoms with Gasteiger partial charge in [0.2, 0.25) is 0 Å². The van der Waals surface area contributed by atoms with Gasteiger partial charge in [-0.15, -0.1) is 0 Å². The highest BCUT2D eigenvalue weighted by molar-refractivity contribution is 14.1. The van der Waals surface area contributed by atoms with Crippen molar-refractivity contribution in [3.8, 4) is 0 Å². The predicted molar refractivity (Wildman–Crippen MR) is 71.2 cm³/mol. The number of hydrogen-bond acceptors (Lipinski definition) is 3. The van der Waals surface area contributed by atoms with Crippen molar-refractivity contribution < 1.29 is 8.42 Å². The Balaban J connectivity index is 2.87. The van der Waals surface area contributed by atoms with E-state index in [4.69, 9.17) is 0 Å². The van der Waals surface area contributed by atoms with Crippen molar-refractivity contribution in [2.45, 2.75) is 31.8 Å². The first-order valence-corrected chi connectivity index (χ1v) is 7.97. The van der Waals surface area contributed by atoms with Crippen molar-refractivity contribution in [1.29, 1.82) is 0 Å². The van der Waals surface area contributed by atoms with E-state index in [1.165, 1.54) is 6.20 Å². The van der Waals surface area contributed by atoms with E-state index in [0.717, 1.165) is 4.43 Å². The summed E-state index contributed by atoms with van der Waals surface area (Å²) in [4.78, 5) is 6.60. The predicted octanol–water partition coefficient (Wildman–Crippen LogP) is 1.46. The van der Waals surface area contributed by atoms with Crippen LogP contribution < -0.4 is 4.72 Å². The van der Waals surface area contributed by atoms with Gasteiger partial charge in [-0.1, -0.05) is 36.4 Å². The summed E-state index contributed by atoms with van der Waals surface area (Å²) >= 11 is 2.18. The third-order valence-corrected chi connectivity index (χ3v) is 4.60. The van der Waals surface area contributed by atoms with Crippen LogP contribution in [0.15, 0.2) is 11.2 Å². The third-order valence-electron chi connectivity index (χ3n) is 2.25. The minimum Gasteiger partial charge on any atom is -0.332 e. The van der Waals surface area contributed by atoms with Crippen LogP contribution in [0, 0.1) is 12.8 Å². The van der Waals surface area contributed by atoms with Gasteiger partial charge >= 0.3 is 0 Å². The van der Waals surface area contributed by atoms with Crippen molar-refractivity contribution in [3.63, 3.8) is 0 Å². The summed E-state index contributed by atoms with van der Waals surface area (Å²) in [7, 11) is -3.47. The molecule has 0 saturated heterocycles. The first-order valence-electron chi connectivity index (χ1n) is 4.96. The number of imidazole rings is 1. The second-order valence-corrected chi connectivity index (χ2v) is 6.52. The van der Waals surface area contributed by atoms with Gasteiger partial charge in [-0.25, -0.2) is 18.1 Å². The molecule has 0 aliphatic heterocycles. The highest BCUT2D eigenvalue weighted by atomic mass is 127. The number of halogens is 1. The van der Waals surface area contributed by atoms with Gasteiger partial charge in [-0.3, -0.25) is 0 Å². The first-order chi connectivity index (χ1) is 7.36. The van der Waals surface area contributed by atoms with Gasteiger partial charge in [0.15, 0.2) is 5.03 Å². The fourth-order valence-corrected chi connectivity index (χ4v) is 4.03. The molecule has 0 spiro atoms. The van der Waals surface area contributed by atoms with Crippen LogP contribution in [0.5, 0.6) is 0 Å². The molecule has 1 aromatic heterocycles. The van der Waals surface area contributed by atoms with E-state index in [1.54, 1.807) is 6.92 Å². The molecule has 0 saturated carbocycles. The molecule has 5 nitrogen and oxygen atoms in total. The van der Waals surface area contributed by atoms with E-state index in [1.807, 2.05) is 13.8 Å². The van der Waals surface area contributed by atoms with Gasteiger partial charge in [0.25, 0.3) is 10.0 Å². The van der Waals surface area contributed by atoms with Crippen LogP contribution in [0.3, 0.4) is 0 Å². The van der Waals surface area contributed by atoms with E-state index in [0.29, 0.717) is 5.82 Å². The van der Waals surface area contributed by atoms with Crippen molar-refractivity contribution in [1.82, 2.24) is 14.7 Å². The molecular formula is C9H16IN3O2S. The van der Waals surface area contributed by atoms with Crippen molar-refractivity contribution in [3.05, 3.63) is 12.0 Å². The van der Waals surface area contributed by atoms with Gasteiger partial charge in [-0.2, -0.15) is 0 Å². The summed E-state index contributed by atoms with van der Waals surface area (Å²) in [5, 5.41) is 0.125. The number of aryl methyl sites for hydroxylation is 1. The number of aromatic nitrogens is 2. The third kappa shape index (κ3) is 3.42. The molecule has 0 amide bonds. The maximum Gasteiger partial charge on any atom is 0.257 e. The van der Waals surface area contributed by atoms with Gasteiger partial charge < -0.3 is 4.98 Å². The summed E-state index contributed by atoms with van der Waals surface area (Å²) in [5.41, 5.74) is 0. The fraction of sp³-hybridized carbons (Fsp3) is 0.667. The van der Waals surface area contributed by atoms with E-state index >= 15 is 0 Å². The number of rotatable bonds is 5. The molecule has 0 aliphatic rings. The molecule has 0 aliphatic carbocycles. The molecule has 0 fully saturated rings. The Kier molecular flexibility index (Phi) is 4.74. The van der Waals surface area contributed by atoms with Gasteiger partial charge in [0.05, 0.1) is 6.20 Å². The molecular weight excluding hydrogens is 341 g/mol. The molecule has 1 heterocycles. The lowest BCUT2D eigenvalue weighted by Crippen LogP contribution is -2.39. The average molecular weight is 357 g/mol. The Morgan fingerprint density at radius 2 is 2.19 bits per heavy atom. The zero-order valence-electron chi connectivity index (χ0n) is 9.49. The van der Waals surface area contributed by atoms with Crippen LogP contribution in [-0.2, 0) is 10.0 Å². The molecule has 92 valence electrons. The SMILES string of the molecule is Cc1ncc(S(=O)(=O)NC(CI)C(C)C)[nH]1. The van der Waals surface area contributed by atoms with Gasteiger partial charge in [0, 0.05) is 10.5 Å². The van der Waals surface area contributed by atoms with E-state index in [9.17, 15) is 8.42 Å². The standard InChI is InChI=1S/C9H16IN3O2S/c1-6(2)8(4-10)13-16(14,15)9-5-11-7(3)12-9/h5-6,8,13H,4H2,1-3H3,(H,11,12). The molecule has 1 aromatic rings. The Morgan fingerprint density at radius 1 is 1.56 bits per heavy atom.